The summed E-state index contributed by atoms with van der Waals surface area (Å²) in [6.07, 6.45) is 0. The van der Waals surface area contributed by atoms with E-state index in [1.165, 1.54) is 24.3 Å². The molecule has 0 saturated carbocycles. The predicted molar refractivity (Wildman–Crippen MR) is 138 cm³/mol. The van der Waals surface area contributed by atoms with E-state index in [1.807, 2.05) is 0 Å². The fourth-order valence-corrected chi connectivity index (χ4v) is 3.28. The molecule has 14 heteroatoms. The van der Waals surface area contributed by atoms with Gasteiger partial charge in [0.25, 0.3) is 0 Å². The quantitative estimate of drug-likeness (QED) is 0.110. The fourth-order valence-electron chi connectivity index (χ4n) is 3.28. The molecule has 0 aliphatic carbocycles. The minimum atomic E-state index is -1.56. The van der Waals surface area contributed by atoms with Crippen molar-refractivity contribution in [2.24, 2.45) is 0 Å². The van der Waals surface area contributed by atoms with Gasteiger partial charge in [-0.15, -0.1) is 0 Å². The van der Waals surface area contributed by atoms with Crippen LogP contribution in [0.4, 0.5) is 0 Å². The predicted octanol–water partition coefficient (Wildman–Crippen LogP) is -4.06. The summed E-state index contributed by atoms with van der Waals surface area (Å²) >= 11 is 0. The summed E-state index contributed by atoms with van der Waals surface area (Å²) in [6, 6.07) is 22.1. The Kier molecular flexibility index (Phi) is 15.2. The van der Waals surface area contributed by atoms with Gasteiger partial charge in [0, 0.05) is 11.1 Å². The van der Waals surface area contributed by atoms with Crippen molar-refractivity contribution in [1.29, 1.82) is 0 Å². The van der Waals surface area contributed by atoms with Crippen molar-refractivity contribution in [1.82, 2.24) is 0 Å². The summed E-state index contributed by atoms with van der Waals surface area (Å²) in [5, 5.41) is 39.5. The number of carbonyl (C=O) groups excluding carboxylic acids is 4. The average Bonchev–Trinajstić information content (AvgIpc) is 2.98. The first-order chi connectivity index (χ1) is 19.9. The van der Waals surface area contributed by atoms with Crippen molar-refractivity contribution >= 4 is 35.8 Å². The number of carboxylic acids is 4. The summed E-state index contributed by atoms with van der Waals surface area (Å²) in [4.78, 5) is 67.2. The second-order valence-electron chi connectivity index (χ2n) is 8.19. The summed E-state index contributed by atoms with van der Waals surface area (Å²) in [7, 11) is 0. The molecule has 44 heavy (non-hydrogen) atoms. The molecule has 0 amide bonds. The molecule has 0 bridgehead atoms. The molecule has 0 radical (unpaired) electrons. The fraction of sp³-hybridized carbons (Fsp3) is 0. The van der Waals surface area contributed by atoms with E-state index in [2.05, 4.69) is 0 Å². The van der Waals surface area contributed by atoms with Crippen molar-refractivity contribution in [2.75, 3.05) is 0 Å². The van der Waals surface area contributed by atoms with Gasteiger partial charge in [-0.05, 0) is 60.7 Å². The van der Waals surface area contributed by atoms with Gasteiger partial charge in [0.2, 0.25) is 0 Å². The molecule has 0 saturated heterocycles. The molecule has 0 atom stereocenters. The number of carboxylic acid groups (broad SMARTS) is 4. The molecule has 0 heterocycles. The molecule has 2 N–H and O–H groups in total. The Morgan fingerprint density at radius 3 is 1.02 bits per heavy atom. The maximum Gasteiger partial charge on any atom is 1.00 e. The molecule has 0 spiro atoms. The van der Waals surface area contributed by atoms with Crippen LogP contribution in [0.25, 0.3) is 0 Å². The van der Waals surface area contributed by atoms with E-state index in [9.17, 15) is 39.0 Å². The molecule has 4 aromatic rings. The van der Waals surface area contributed by atoms with Gasteiger partial charge >= 0.3 is 83.0 Å². The molecular weight excluding hydrogens is 598 g/mol. The maximum absolute atomic E-state index is 11.8. The average molecular weight is 616 g/mol. The zero-order valence-corrected chi connectivity index (χ0v) is 27.2. The topological polar surface area (TPSA) is 207 Å². The number of esters is 2. The van der Waals surface area contributed by atoms with Crippen molar-refractivity contribution in [2.45, 2.75) is 0 Å². The summed E-state index contributed by atoms with van der Waals surface area (Å²) in [5.74, 6) is -7.59. The Bertz CT molecular complexity index is 1480. The molecule has 4 rings (SSSR count). The van der Waals surface area contributed by atoms with Gasteiger partial charge in [-0.1, -0.05) is 36.4 Å². The van der Waals surface area contributed by atoms with E-state index in [0.717, 1.165) is 36.4 Å². The number of hydrogen-bond donors (Lipinski definition) is 2. The Labute approximate surface area is 293 Å². The third-order valence-corrected chi connectivity index (χ3v) is 5.22. The molecule has 0 aliphatic rings. The number of ether oxygens (including phenoxy) is 2. The number of benzene rings is 4. The Morgan fingerprint density at radius 1 is 0.455 bits per heavy atom. The Balaban J connectivity index is 0.000000421. The van der Waals surface area contributed by atoms with Crippen LogP contribution in [0.5, 0.6) is 11.5 Å². The van der Waals surface area contributed by atoms with Gasteiger partial charge in [0.15, 0.2) is 0 Å². The number of carbonyl (C=O) groups is 6. The van der Waals surface area contributed by atoms with Gasteiger partial charge in [0.1, 0.15) is 11.5 Å². The normalized spacial score (nSPS) is 9.45. The van der Waals surface area contributed by atoms with Crippen LogP contribution in [0, 0.1) is 0 Å². The number of rotatable bonds is 8. The van der Waals surface area contributed by atoms with Crippen LogP contribution in [0.1, 0.15) is 62.1 Å². The number of hydrogen-bond acceptors (Lipinski definition) is 10. The second-order valence-corrected chi connectivity index (χ2v) is 8.19. The SMILES string of the molecule is O=C([O-])c1cc(OC(=O)c2ccccc2)cc(C(=O)O)c1.O=C([O-])c1cc(OC(=O)c2ccccc2)cc(C(=O)O)c1.[Na+].[Na+]. The van der Waals surface area contributed by atoms with Gasteiger partial charge < -0.3 is 39.5 Å². The van der Waals surface area contributed by atoms with Gasteiger partial charge in [-0.25, -0.2) is 19.2 Å². The molecule has 0 aromatic heterocycles. The molecule has 4 aromatic carbocycles. The smallest absolute Gasteiger partial charge is 0.545 e. The third kappa shape index (κ3) is 11.1. The Morgan fingerprint density at radius 2 is 0.750 bits per heavy atom. The first-order valence-corrected chi connectivity index (χ1v) is 11.7. The summed E-state index contributed by atoms with van der Waals surface area (Å²) in [6.45, 7) is 0. The Hall–Kier alpha value is -4.30. The van der Waals surface area contributed by atoms with Crippen molar-refractivity contribution in [3.05, 3.63) is 130 Å². The van der Waals surface area contributed by atoms with E-state index in [-0.39, 0.29) is 104 Å². The molecule has 212 valence electrons. The third-order valence-electron chi connectivity index (χ3n) is 5.22. The van der Waals surface area contributed by atoms with Crippen LogP contribution in [0.3, 0.4) is 0 Å². The molecule has 12 nitrogen and oxygen atoms in total. The molecule has 0 fully saturated rings. The summed E-state index contributed by atoms with van der Waals surface area (Å²) in [5.41, 5.74) is -0.877. The molecular formula is C30H18Na2O12. The first kappa shape index (κ1) is 37.7. The summed E-state index contributed by atoms with van der Waals surface area (Å²) < 4.78 is 9.98. The van der Waals surface area contributed by atoms with Crippen LogP contribution >= 0.6 is 0 Å². The van der Waals surface area contributed by atoms with Gasteiger partial charge in [-0.2, -0.15) is 0 Å². The van der Waals surface area contributed by atoms with Crippen LogP contribution in [-0.2, 0) is 0 Å². The van der Waals surface area contributed by atoms with Crippen LogP contribution < -0.4 is 78.8 Å². The first-order valence-electron chi connectivity index (χ1n) is 11.7. The monoisotopic (exact) mass is 616 g/mol. The largest absolute Gasteiger partial charge is 1.00 e. The van der Waals surface area contributed by atoms with Gasteiger partial charge in [0.05, 0.1) is 34.2 Å². The van der Waals surface area contributed by atoms with Crippen LogP contribution in [0.15, 0.2) is 97.1 Å². The van der Waals surface area contributed by atoms with E-state index >= 15 is 0 Å². The standard InChI is InChI=1S/2C15H10O6.2Na/c2*16-13(17)10-6-11(14(18)19)8-12(7-10)21-15(20)9-4-2-1-3-5-9;;/h2*1-8H,(H,16,17)(H,18,19);;/q;;2*+1/p-2. The van der Waals surface area contributed by atoms with Gasteiger partial charge in [-0.3, -0.25) is 0 Å². The zero-order valence-electron chi connectivity index (χ0n) is 23.2. The van der Waals surface area contributed by atoms with E-state index in [1.54, 1.807) is 36.4 Å². The van der Waals surface area contributed by atoms with Crippen LogP contribution in [0.2, 0.25) is 0 Å². The molecule has 0 unspecified atom stereocenters. The van der Waals surface area contributed by atoms with Crippen LogP contribution in [-0.4, -0.2) is 46.0 Å². The molecule has 0 aliphatic heterocycles. The minimum Gasteiger partial charge on any atom is -0.545 e. The van der Waals surface area contributed by atoms with E-state index in [4.69, 9.17) is 19.7 Å². The minimum absolute atomic E-state index is 0. The van der Waals surface area contributed by atoms with E-state index < -0.39 is 35.8 Å². The van der Waals surface area contributed by atoms with Crippen molar-refractivity contribution < 1.29 is 118 Å². The van der Waals surface area contributed by atoms with Crippen molar-refractivity contribution in [3.63, 3.8) is 0 Å². The number of aromatic carboxylic acids is 4. The maximum atomic E-state index is 11.8. The van der Waals surface area contributed by atoms with Crippen molar-refractivity contribution in [3.8, 4) is 11.5 Å². The zero-order chi connectivity index (χ0) is 30.8. The second kappa shape index (κ2) is 17.7. The van der Waals surface area contributed by atoms with E-state index in [0.29, 0.717) is 0 Å².